The predicted molar refractivity (Wildman–Crippen MR) is 79.1 cm³/mol. The zero-order valence-corrected chi connectivity index (χ0v) is 11.3. The lowest BCUT2D eigenvalue weighted by molar-refractivity contribution is 0.885. The molecule has 0 spiro atoms. The molecule has 0 bridgehead atoms. The van der Waals surface area contributed by atoms with Crippen LogP contribution in [0.3, 0.4) is 0 Å². The van der Waals surface area contributed by atoms with Crippen molar-refractivity contribution in [1.29, 1.82) is 5.26 Å². The molecule has 19 heavy (non-hydrogen) atoms. The summed E-state index contributed by atoms with van der Waals surface area (Å²) in [6.45, 7) is 2.03. The number of nitrogens with two attached hydrogens (primary N) is 1. The van der Waals surface area contributed by atoms with Crippen LogP contribution in [0.15, 0.2) is 42.5 Å². The maximum Gasteiger partial charge on any atom is 0.0992 e. The number of nitrogens with zero attached hydrogens (tertiary/aromatic N) is 1. The SMILES string of the molecule is CC(Nc1ccc(C#N)cc1N)c1cccc(Cl)c1. The van der Waals surface area contributed by atoms with E-state index in [1.54, 1.807) is 12.1 Å². The molecule has 2 aromatic rings. The molecule has 0 aliphatic carbocycles. The van der Waals surface area contributed by atoms with Gasteiger partial charge in [-0.15, -0.1) is 0 Å². The number of nitrogens with one attached hydrogen (secondary N) is 1. The fourth-order valence-corrected chi connectivity index (χ4v) is 2.05. The fraction of sp³-hybridized carbons (Fsp3) is 0.133. The van der Waals surface area contributed by atoms with E-state index in [9.17, 15) is 0 Å². The molecule has 96 valence electrons. The first-order valence-electron chi connectivity index (χ1n) is 5.92. The van der Waals surface area contributed by atoms with Crippen molar-refractivity contribution < 1.29 is 0 Å². The molecule has 2 rings (SSSR count). The molecule has 1 unspecified atom stereocenters. The molecule has 0 fully saturated rings. The normalized spacial score (nSPS) is 11.6. The van der Waals surface area contributed by atoms with Gasteiger partial charge in [0, 0.05) is 11.1 Å². The van der Waals surface area contributed by atoms with Crippen molar-refractivity contribution in [3.63, 3.8) is 0 Å². The summed E-state index contributed by atoms with van der Waals surface area (Å²) in [6, 6.07) is 15.0. The number of nitrogen functional groups attached to an aromatic ring is 1. The maximum absolute atomic E-state index is 8.80. The molecule has 0 aliphatic heterocycles. The van der Waals surface area contributed by atoms with Crippen molar-refractivity contribution in [2.45, 2.75) is 13.0 Å². The van der Waals surface area contributed by atoms with Gasteiger partial charge in [0.1, 0.15) is 0 Å². The van der Waals surface area contributed by atoms with Gasteiger partial charge in [0.2, 0.25) is 0 Å². The van der Waals surface area contributed by atoms with Crippen molar-refractivity contribution >= 4 is 23.0 Å². The number of benzene rings is 2. The number of hydrogen-bond acceptors (Lipinski definition) is 3. The summed E-state index contributed by atoms with van der Waals surface area (Å²) in [6.07, 6.45) is 0. The van der Waals surface area contributed by atoms with Crippen LogP contribution >= 0.6 is 11.6 Å². The zero-order chi connectivity index (χ0) is 13.8. The van der Waals surface area contributed by atoms with Gasteiger partial charge in [-0.25, -0.2) is 0 Å². The van der Waals surface area contributed by atoms with Crippen molar-refractivity contribution in [1.82, 2.24) is 0 Å². The van der Waals surface area contributed by atoms with E-state index < -0.39 is 0 Å². The second-order valence-corrected chi connectivity index (χ2v) is 4.77. The number of halogens is 1. The molecule has 3 N–H and O–H groups in total. The number of nitriles is 1. The fourth-order valence-electron chi connectivity index (χ4n) is 1.86. The van der Waals surface area contributed by atoms with E-state index in [1.807, 2.05) is 37.3 Å². The van der Waals surface area contributed by atoms with Crippen LogP contribution in [0.25, 0.3) is 0 Å². The van der Waals surface area contributed by atoms with Crippen molar-refractivity contribution in [3.05, 3.63) is 58.6 Å². The van der Waals surface area contributed by atoms with Gasteiger partial charge in [0.25, 0.3) is 0 Å². The summed E-state index contributed by atoms with van der Waals surface area (Å²) in [5.41, 5.74) is 8.92. The van der Waals surface area contributed by atoms with Crippen LogP contribution in [-0.4, -0.2) is 0 Å². The lowest BCUT2D eigenvalue weighted by atomic mass is 10.1. The third kappa shape index (κ3) is 3.18. The Labute approximate surface area is 117 Å². The van der Waals surface area contributed by atoms with E-state index in [4.69, 9.17) is 22.6 Å². The highest BCUT2D eigenvalue weighted by Crippen LogP contribution is 2.26. The molecule has 0 aliphatic rings. The average Bonchev–Trinajstić information content (AvgIpc) is 2.41. The Balaban J connectivity index is 2.20. The first kappa shape index (κ1) is 13.3. The van der Waals surface area contributed by atoms with E-state index in [1.165, 1.54) is 0 Å². The smallest absolute Gasteiger partial charge is 0.0992 e. The van der Waals surface area contributed by atoms with E-state index in [0.29, 0.717) is 16.3 Å². The van der Waals surface area contributed by atoms with Gasteiger partial charge in [-0.2, -0.15) is 5.26 Å². The molecular formula is C15H14ClN3. The minimum atomic E-state index is 0.0777. The van der Waals surface area contributed by atoms with Gasteiger partial charge in [-0.05, 0) is 42.8 Å². The zero-order valence-electron chi connectivity index (χ0n) is 10.5. The van der Waals surface area contributed by atoms with Crippen LogP contribution in [-0.2, 0) is 0 Å². The summed E-state index contributed by atoms with van der Waals surface area (Å²) in [7, 11) is 0. The highest BCUT2D eigenvalue weighted by molar-refractivity contribution is 6.30. The van der Waals surface area contributed by atoms with Gasteiger partial charge >= 0.3 is 0 Å². The summed E-state index contributed by atoms with van der Waals surface area (Å²) >= 11 is 5.97. The van der Waals surface area contributed by atoms with Crippen LogP contribution in [0.1, 0.15) is 24.1 Å². The summed E-state index contributed by atoms with van der Waals surface area (Å²) in [5, 5.41) is 12.8. The van der Waals surface area contributed by atoms with Crippen LogP contribution in [0, 0.1) is 11.3 Å². The monoisotopic (exact) mass is 271 g/mol. The van der Waals surface area contributed by atoms with E-state index >= 15 is 0 Å². The van der Waals surface area contributed by atoms with Gasteiger partial charge in [0.15, 0.2) is 0 Å². The standard InChI is InChI=1S/C15H14ClN3/c1-10(12-3-2-4-13(16)8-12)19-15-6-5-11(9-17)7-14(15)18/h2-8,10,19H,18H2,1H3. The van der Waals surface area contributed by atoms with E-state index in [0.717, 1.165) is 11.3 Å². The molecular weight excluding hydrogens is 258 g/mol. The largest absolute Gasteiger partial charge is 0.397 e. The van der Waals surface area contributed by atoms with Gasteiger partial charge < -0.3 is 11.1 Å². The molecule has 2 aromatic carbocycles. The molecule has 0 saturated carbocycles. The van der Waals surface area contributed by atoms with Gasteiger partial charge in [-0.3, -0.25) is 0 Å². The Bertz CT molecular complexity index is 632. The van der Waals surface area contributed by atoms with Gasteiger partial charge in [0.05, 0.1) is 23.0 Å². The summed E-state index contributed by atoms with van der Waals surface area (Å²) in [4.78, 5) is 0. The molecule has 4 heteroatoms. The van der Waals surface area contributed by atoms with Crippen molar-refractivity contribution in [2.24, 2.45) is 0 Å². The lowest BCUT2D eigenvalue weighted by Gasteiger charge is -2.17. The first-order valence-corrected chi connectivity index (χ1v) is 6.29. The van der Waals surface area contributed by atoms with Crippen molar-refractivity contribution in [3.8, 4) is 6.07 Å². The third-order valence-corrected chi connectivity index (χ3v) is 3.14. The Morgan fingerprint density at radius 3 is 2.68 bits per heavy atom. The third-order valence-electron chi connectivity index (χ3n) is 2.90. The van der Waals surface area contributed by atoms with Crippen LogP contribution in [0.2, 0.25) is 5.02 Å². The minimum Gasteiger partial charge on any atom is -0.397 e. The molecule has 0 radical (unpaired) electrons. The molecule has 3 nitrogen and oxygen atoms in total. The lowest BCUT2D eigenvalue weighted by Crippen LogP contribution is -2.08. The van der Waals surface area contributed by atoms with Crippen LogP contribution in [0.4, 0.5) is 11.4 Å². The summed E-state index contributed by atoms with van der Waals surface area (Å²) in [5.74, 6) is 0. The maximum atomic E-state index is 8.80. The quantitative estimate of drug-likeness (QED) is 0.831. The first-order chi connectivity index (χ1) is 9.10. The number of rotatable bonds is 3. The van der Waals surface area contributed by atoms with E-state index in [-0.39, 0.29) is 6.04 Å². The van der Waals surface area contributed by atoms with Crippen LogP contribution in [0.5, 0.6) is 0 Å². The highest BCUT2D eigenvalue weighted by Gasteiger charge is 2.08. The molecule has 0 heterocycles. The molecule has 0 aromatic heterocycles. The second kappa shape index (κ2) is 5.64. The number of anilines is 2. The Hall–Kier alpha value is -2.18. The Morgan fingerprint density at radius 1 is 1.26 bits per heavy atom. The average molecular weight is 272 g/mol. The highest BCUT2D eigenvalue weighted by atomic mass is 35.5. The second-order valence-electron chi connectivity index (χ2n) is 4.33. The Morgan fingerprint density at radius 2 is 2.05 bits per heavy atom. The molecule has 0 saturated heterocycles. The topological polar surface area (TPSA) is 61.8 Å². The predicted octanol–water partition coefficient (Wildman–Crippen LogP) is 3.97. The Kier molecular flexibility index (Phi) is 3.94. The van der Waals surface area contributed by atoms with E-state index in [2.05, 4.69) is 11.4 Å². The van der Waals surface area contributed by atoms with Gasteiger partial charge in [-0.1, -0.05) is 23.7 Å². The summed E-state index contributed by atoms with van der Waals surface area (Å²) < 4.78 is 0. The molecule has 1 atom stereocenters. The number of hydrogen-bond donors (Lipinski definition) is 2. The van der Waals surface area contributed by atoms with Crippen LogP contribution < -0.4 is 11.1 Å². The minimum absolute atomic E-state index is 0.0777. The van der Waals surface area contributed by atoms with Crippen molar-refractivity contribution in [2.75, 3.05) is 11.1 Å². The molecule has 0 amide bonds.